The molecule has 0 bridgehead atoms. The Hall–Kier alpha value is -2.11. The molecule has 6 heteroatoms. The molecule has 1 rings (SSSR count). The molecule has 0 aliphatic rings. The summed E-state index contributed by atoms with van der Waals surface area (Å²) in [6, 6.07) is 4.52. The van der Waals surface area contributed by atoms with Gasteiger partial charge in [0.05, 0.1) is 18.2 Å². The van der Waals surface area contributed by atoms with Crippen LogP contribution in [0, 0.1) is 10.1 Å². The molecule has 1 aromatic carbocycles. The molecular formula is C9H10N2O4. The normalized spacial score (nSPS) is 10.3. The number of nitro groups is 1. The van der Waals surface area contributed by atoms with Crippen LogP contribution in [0.25, 0.3) is 0 Å². The van der Waals surface area contributed by atoms with Gasteiger partial charge < -0.3 is 9.57 Å². The minimum atomic E-state index is -0.511. The van der Waals surface area contributed by atoms with Gasteiger partial charge in [-0.15, -0.1) is 0 Å². The van der Waals surface area contributed by atoms with Crippen molar-refractivity contribution in [2.45, 2.75) is 0 Å². The lowest BCUT2D eigenvalue weighted by Gasteiger charge is -2.01. The van der Waals surface area contributed by atoms with E-state index in [1.807, 2.05) is 0 Å². The number of methoxy groups -OCH3 is 1. The van der Waals surface area contributed by atoms with E-state index in [1.54, 1.807) is 6.07 Å². The van der Waals surface area contributed by atoms with E-state index in [2.05, 4.69) is 9.99 Å². The Balaban J connectivity index is 3.10. The summed E-state index contributed by atoms with van der Waals surface area (Å²) in [6.45, 7) is 0. The summed E-state index contributed by atoms with van der Waals surface area (Å²) in [5, 5.41) is 14.2. The molecule has 0 atom stereocenters. The van der Waals surface area contributed by atoms with Gasteiger partial charge in [0, 0.05) is 11.6 Å². The summed E-state index contributed by atoms with van der Waals surface area (Å²) >= 11 is 0. The maximum absolute atomic E-state index is 10.7. The average molecular weight is 210 g/mol. The Morgan fingerprint density at radius 1 is 1.47 bits per heavy atom. The Bertz CT molecular complexity index is 390. The van der Waals surface area contributed by atoms with Crippen LogP contribution in [-0.2, 0) is 4.84 Å². The number of nitrogens with zero attached hydrogens (tertiary/aromatic N) is 2. The topological polar surface area (TPSA) is 74.0 Å². The molecule has 0 aliphatic heterocycles. The van der Waals surface area contributed by atoms with Crippen molar-refractivity contribution in [3.63, 3.8) is 0 Å². The first-order valence-corrected chi connectivity index (χ1v) is 4.08. The molecular weight excluding hydrogens is 200 g/mol. The van der Waals surface area contributed by atoms with Crippen LogP contribution in [0.2, 0.25) is 0 Å². The van der Waals surface area contributed by atoms with Gasteiger partial charge in [0.1, 0.15) is 7.11 Å². The van der Waals surface area contributed by atoms with Crippen molar-refractivity contribution in [2.24, 2.45) is 5.16 Å². The van der Waals surface area contributed by atoms with E-state index < -0.39 is 4.92 Å². The summed E-state index contributed by atoms with van der Waals surface area (Å²) in [4.78, 5) is 14.6. The fourth-order valence-electron chi connectivity index (χ4n) is 1.04. The van der Waals surface area contributed by atoms with Crippen LogP contribution in [0.5, 0.6) is 5.75 Å². The number of hydrogen-bond acceptors (Lipinski definition) is 5. The monoisotopic (exact) mass is 210 g/mol. The average Bonchev–Trinajstić information content (AvgIpc) is 2.25. The number of rotatable bonds is 4. The number of benzene rings is 1. The predicted molar refractivity (Wildman–Crippen MR) is 54.3 cm³/mol. The molecule has 0 N–H and O–H groups in total. The summed E-state index contributed by atoms with van der Waals surface area (Å²) in [7, 11) is 2.78. The van der Waals surface area contributed by atoms with Gasteiger partial charge in [0.15, 0.2) is 5.75 Å². The molecule has 0 heterocycles. The summed E-state index contributed by atoms with van der Waals surface area (Å²) in [5.74, 6) is 0.217. The van der Waals surface area contributed by atoms with Crippen LogP contribution in [0.3, 0.4) is 0 Å². The third-order valence-corrected chi connectivity index (χ3v) is 1.71. The quantitative estimate of drug-likeness (QED) is 0.429. The van der Waals surface area contributed by atoms with Crippen LogP contribution in [-0.4, -0.2) is 25.4 Å². The van der Waals surface area contributed by atoms with Gasteiger partial charge in [-0.2, -0.15) is 0 Å². The van der Waals surface area contributed by atoms with Gasteiger partial charge in [0.25, 0.3) is 0 Å². The van der Waals surface area contributed by atoms with Crippen molar-refractivity contribution < 1.29 is 14.5 Å². The van der Waals surface area contributed by atoms with Crippen molar-refractivity contribution in [3.8, 4) is 5.75 Å². The van der Waals surface area contributed by atoms with Crippen LogP contribution >= 0.6 is 0 Å². The van der Waals surface area contributed by atoms with Gasteiger partial charge in [-0.1, -0.05) is 5.16 Å². The maximum atomic E-state index is 10.7. The van der Waals surface area contributed by atoms with E-state index in [0.29, 0.717) is 5.56 Å². The lowest BCUT2D eigenvalue weighted by Crippen LogP contribution is -1.95. The zero-order valence-electron chi connectivity index (χ0n) is 8.34. The largest absolute Gasteiger partial charge is 0.490 e. The number of hydrogen-bond donors (Lipinski definition) is 0. The van der Waals surface area contributed by atoms with E-state index in [-0.39, 0.29) is 11.4 Å². The van der Waals surface area contributed by atoms with E-state index in [1.165, 1.54) is 32.6 Å². The smallest absolute Gasteiger partial charge is 0.311 e. The molecule has 0 saturated heterocycles. The lowest BCUT2D eigenvalue weighted by atomic mass is 10.2. The second kappa shape index (κ2) is 4.94. The van der Waals surface area contributed by atoms with Crippen LogP contribution in [0.1, 0.15) is 5.56 Å². The highest BCUT2D eigenvalue weighted by Gasteiger charge is 2.14. The van der Waals surface area contributed by atoms with E-state index in [0.717, 1.165) is 0 Å². The number of ether oxygens (including phenoxy) is 1. The molecule has 0 saturated carbocycles. The first-order valence-electron chi connectivity index (χ1n) is 4.08. The highest BCUT2D eigenvalue weighted by atomic mass is 16.6. The van der Waals surface area contributed by atoms with Gasteiger partial charge in [-0.3, -0.25) is 10.1 Å². The Kier molecular flexibility index (Phi) is 3.61. The SMILES string of the molecule is CON=Cc1ccc(OC)c([N+](=O)[O-])c1. The Labute approximate surface area is 86.3 Å². The van der Waals surface area contributed by atoms with Crippen LogP contribution < -0.4 is 4.74 Å². The number of nitro benzene ring substituents is 1. The fourth-order valence-corrected chi connectivity index (χ4v) is 1.04. The molecule has 0 amide bonds. The third kappa shape index (κ3) is 2.67. The molecule has 0 spiro atoms. The van der Waals surface area contributed by atoms with Crippen LogP contribution in [0.15, 0.2) is 23.4 Å². The molecule has 80 valence electrons. The lowest BCUT2D eigenvalue weighted by molar-refractivity contribution is -0.385. The predicted octanol–water partition coefficient (Wildman–Crippen LogP) is 1.58. The van der Waals surface area contributed by atoms with Gasteiger partial charge in [0.2, 0.25) is 0 Å². The maximum Gasteiger partial charge on any atom is 0.311 e. The molecule has 1 aromatic rings. The van der Waals surface area contributed by atoms with Crippen LogP contribution in [0.4, 0.5) is 5.69 Å². The summed E-state index contributed by atoms with van der Waals surface area (Å²) in [5.41, 5.74) is 0.474. The third-order valence-electron chi connectivity index (χ3n) is 1.71. The number of oxime groups is 1. The Morgan fingerprint density at radius 3 is 2.73 bits per heavy atom. The van der Waals surface area contributed by atoms with Gasteiger partial charge in [-0.05, 0) is 12.1 Å². The zero-order chi connectivity index (χ0) is 11.3. The highest BCUT2D eigenvalue weighted by Crippen LogP contribution is 2.26. The fraction of sp³-hybridized carbons (Fsp3) is 0.222. The Morgan fingerprint density at radius 2 is 2.20 bits per heavy atom. The first-order chi connectivity index (χ1) is 7.19. The second-order valence-electron chi connectivity index (χ2n) is 2.61. The van der Waals surface area contributed by atoms with Crippen molar-refractivity contribution >= 4 is 11.9 Å². The van der Waals surface area contributed by atoms with Gasteiger partial charge in [-0.25, -0.2) is 0 Å². The molecule has 0 aromatic heterocycles. The molecule has 0 unspecified atom stereocenters. The second-order valence-corrected chi connectivity index (χ2v) is 2.61. The summed E-state index contributed by atoms with van der Waals surface area (Å²) < 4.78 is 4.85. The molecule has 0 aliphatic carbocycles. The molecule has 0 fully saturated rings. The molecule has 0 radical (unpaired) electrons. The standard InChI is InChI=1S/C9H10N2O4/c1-14-9-4-3-7(6-10-15-2)5-8(9)11(12)13/h3-6H,1-2H3. The first kappa shape index (κ1) is 11.0. The van der Waals surface area contributed by atoms with E-state index in [4.69, 9.17) is 4.74 Å². The zero-order valence-corrected chi connectivity index (χ0v) is 8.34. The molecule has 15 heavy (non-hydrogen) atoms. The van der Waals surface area contributed by atoms with Crippen molar-refractivity contribution in [1.29, 1.82) is 0 Å². The van der Waals surface area contributed by atoms with Crippen molar-refractivity contribution in [2.75, 3.05) is 14.2 Å². The van der Waals surface area contributed by atoms with Crippen molar-refractivity contribution in [1.82, 2.24) is 0 Å². The minimum absolute atomic E-state index is 0.0995. The summed E-state index contributed by atoms with van der Waals surface area (Å²) in [6.07, 6.45) is 1.38. The highest BCUT2D eigenvalue weighted by molar-refractivity contribution is 5.81. The van der Waals surface area contributed by atoms with E-state index >= 15 is 0 Å². The molecule has 6 nitrogen and oxygen atoms in total. The minimum Gasteiger partial charge on any atom is -0.490 e. The van der Waals surface area contributed by atoms with Crippen molar-refractivity contribution in [3.05, 3.63) is 33.9 Å². The van der Waals surface area contributed by atoms with Gasteiger partial charge >= 0.3 is 5.69 Å². The van der Waals surface area contributed by atoms with E-state index in [9.17, 15) is 10.1 Å².